The van der Waals surface area contributed by atoms with Gasteiger partial charge in [-0.15, -0.1) is 70.8 Å². The van der Waals surface area contributed by atoms with Gasteiger partial charge in [0.1, 0.15) is 0 Å². The van der Waals surface area contributed by atoms with Gasteiger partial charge in [0, 0.05) is 11.4 Å². The standard InChI is InChI=1S/C32H20N2.Pt/c1-3-13-29-23(9-1)19-27-17-21-7-6-12-26(16-21)32-30-14-4-2-10-24(30)20-28(34-32)18-22-8-5-11-25(15-22)31(29)33-27;/h1-14,19-20H,17-18H2;/q-2;+2. The molecule has 0 amide bonds. The molecule has 3 heteroatoms. The average Bonchev–Trinajstić information content (AvgIpc) is 2.88. The van der Waals surface area contributed by atoms with E-state index in [1.54, 1.807) is 0 Å². The molecule has 1 aliphatic heterocycles. The summed E-state index contributed by atoms with van der Waals surface area (Å²) in [5.74, 6) is 0. The van der Waals surface area contributed by atoms with Crippen molar-refractivity contribution < 1.29 is 21.1 Å². The molecule has 2 nitrogen and oxygen atoms in total. The summed E-state index contributed by atoms with van der Waals surface area (Å²) >= 11 is 0. The zero-order valence-corrected chi connectivity index (χ0v) is 21.1. The number of aromatic nitrogens is 2. The van der Waals surface area contributed by atoms with Crippen LogP contribution in [-0.2, 0) is 33.9 Å². The van der Waals surface area contributed by atoms with Gasteiger partial charge >= 0.3 is 21.1 Å². The molecule has 0 radical (unpaired) electrons. The van der Waals surface area contributed by atoms with E-state index in [1.807, 2.05) is 0 Å². The molecule has 1 aliphatic rings. The minimum absolute atomic E-state index is 0. The van der Waals surface area contributed by atoms with Crippen LogP contribution in [-0.4, -0.2) is 9.97 Å². The quantitative estimate of drug-likeness (QED) is 0.166. The molecule has 0 saturated heterocycles. The van der Waals surface area contributed by atoms with E-state index in [9.17, 15) is 0 Å². The molecule has 0 spiro atoms. The summed E-state index contributed by atoms with van der Waals surface area (Å²) in [4.78, 5) is 10.3. The average molecular weight is 628 g/mol. The molecule has 3 heterocycles. The van der Waals surface area contributed by atoms with Gasteiger partial charge in [0.25, 0.3) is 0 Å². The van der Waals surface area contributed by atoms with Crippen LogP contribution < -0.4 is 0 Å². The summed E-state index contributed by atoms with van der Waals surface area (Å²) < 4.78 is 0. The largest absolute Gasteiger partial charge is 2.00 e. The van der Waals surface area contributed by atoms with Crippen molar-refractivity contribution in [2.45, 2.75) is 12.8 Å². The van der Waals surface area contributed by atoms with Crippen LogP contribution in [0.25, 0.3) is 44.1 Å². The Hall–Kier alpha value is -3.61. The van der Waals surface area contributed by atoms with Gasteiger partial charge in [-0.2, -0.15) is 0 Å². The Morgan fingerprint density at radius 1 is 0.514 bits per heavy atom. The Kier molecular flexibility index (Phi) is 5.55. The predicted octanol–water partition coefficient (Wildman–Crippen LogP) is 7.21. The number of benzene rings is 4. The fourth-order valence-electron chi connectivity index (χ4n) is 5.01. The molecule has 0 unspecified atom stereocenters. The van der Waals surface area contributed by atoms with Crippen LogP contribution >= 0.6 is 0 Å². The fourth-order valence-corrected chi connectivity index (χ4v) is 5.01. The molecule has 35 heavy (non-hydrogen) atoms. The molecule has 7 rings (SSSR count). The Balaban J connectivity index is 0.00000229. The minimum Gasteiger partial charge on any atom is -0.300 e. The summed E-state index contributed by atoms with van der Waals surface area (Å²) in [7, 11) is 0. The van der Waals surface area contributed by atoms with Gasteiger partial charge in [-0.1, -0.05) is 48.5 Å². The number of hydrogen-bond donors (Lipinski definition) is 0. The fraction of sp³-hybridized carbons (Fsp3) is 0.0625. The third-order valence-corrected chi connectivity index (χ3v) is 6.55. The molecule has 8 bridgehead atoms. The molecule has 0 saturated carbocycles. The molecule has 2 aromatic heterocycles. The van der Waals surface area contributed by atoms with Crippen molar-refractivity contribution in [3.05, 3.63) is 132 Å². The van der Waals surface area contributed by atoms with Crippen molar-refractivity contribution in [3.8, 4) is 22.5 Å². The van der Waals surface area contributed by atoms with Gasteiger partial charge in [0.2, 0.25) is 0 Å². The molecule has 168 valence electrons. The van der Waals surface area contributed by atoms with Crippen molar-refractivity contribution in [3.63, 3.8) is 0 Å². The van der Waals surface area contributed by atoms with Crippen molar-refractivity contribution >= 4 is 21.5 Å². The van der Waals surface area contributed by atoms with Crippen LogP contribution in [0, 0.1) is 12.1 Å². The smallest absolute Gasteiger partial charge is 0.300 e. The van der Waals surface area contributed by atoms with E-state index in [0.717, 1.165) is 55.8 Å². The van der Waals surface area contributed by atoms with E-state index >= 15 is 0 Å². The molecule has 0 atom stereocenters. The Morgan fingerprint density at radius 3 is 1.46 bits per heavy atom. The van der Waals surface area contributed by atoms with Crippen LogP contribution in [0.5, 0.6) is 0 Å². The van der Waals surface area contributed by atoms with Gasteiger partial charge in [-0.05, 0) is 57.9 Å². The SMILES string of the molecule is [Pt+2].[c-]1c2cccc1-c1nc(cc3ccccc13)Cc1[c-]c(ccc1)-c1nc(cc3ccccc13)C2. The maximum absolute atomic E-state index is 5.13. The third kappa shape index (κ3) is 3.99. The van der Waals surface area contributed by atoms with Crippen molar-refractivity contribution in [1.82, 2.24) is 9.97 Å². The van der Waals surface area contributed by atoms with E-state index in [0.29, 0.717) is 12.8 Å². The first kappa shape index (κ1) is 21.9. The molecule has 0 N–H and O–H groups in total. The van der Waals surface area contributed by atoms with Crippen molar-refractivity contribution in [2.24, 2.45) is 0 Å². The second-order valence-corrected chi connectivity index (χ2v) is 8.90. The first-order chi connectivity index (χ1) is 16.8. The van der Waals surface area contributed by atoms with Gasteiger partial charge in [-0.25, -0.2) is 0 Å². The molecule has 0 aliphatic carbocycles. The Labute approximate surface area is 219 Å². The minimum atomic E-state index is 0. The second-order valence-electron chi connectivity index (χ2n) is 8.90. The number of hydrogen-bond acceptors (Lipinski definition) is 2. The van der Waals surface area contributed by atoms with E-state index in [4.69, 9.17) is 9.97 Å². The van der Waals surface area contributed by atoms with E-state index < -0.39 is 0 Å². The van der Waals surface area contributed by atoms with Gasteiger partial charge in [0.15, 0.2) is 0 Å². The van der Waals surface area contributed by atoms with Crippen LogP contribution in [0.15, 0.2) is 97.1 Å². The third-order valence-electron chi connectivity index (χ3n) is 6.55. The van der Waals surface area contributed by atoms with Crippen LogP contribution in [0.4, 0.5) is 0 Å². The second kappa shape index (κ2) is 8.87. The molecule has 6 aromatic rings. The summed E-state index contributed by atoms with van der Waals surface area (Å²) in [5.41, 5.74) is 8.28. The van der Waals surface area contributed by atoms with Crippen molar-refractivity contribution in [1.29, 1.82) is 0 Å². The number of nitrogens with zero attached hydrogens (tertiary/aromatic N) is 2. The maximum atomic E-state index is 5.13. The van der Waals surface area contributed by atoms with Crippen LogP contribution in [0.2, 0.25) is 0 Å². The number of rotatable bonds is 0. The maximum Gasteiger partial charge on any atom is 2.00 e. The van der Waals surface area contributed by atoms with E-state index in [1.165, 1.54) is 10.8 Å². The molecular formula is C32H20N2Pt. The summed E-state index contributed by atoms with van der Waals surface area (Å²) in [6, 6.07) is 41.3. The Bertz CT molecular complexity index is 1590. The summed E-state index contributed by atoms with van der Waals surface area (Å²) in [6.45, 7) is 0. The van der Waals surface area contributed by atoms with Crippen LogP contribution in [0.1, 0.15) is 22.5 Å². The molecular weight excluding hydrogens is 607 g/mol. The molecule has 4 aromatic carbocycles. The first-order valence-corrected chi connectivity index (χ1v) is 11.6. The zero-order chi connectivity index (χ0) is 22.5. The molecule has 0 fully saturated rings. The number of fused-ring (bicyclic) bond motifs is 14. The number of pyridine rings is 2. The summed E-state index contributed by atoms with van der Waals surface area (Å²) in [5, 5.41) is 4.69. The van der Waals surface area contributed by atoms with Gasteiger partial charge in [-0.3, -0.25) is 0 Å². The Morgan fingerprint density at radius 2 is 0.971 bits per heavy atom. The van der Waals surface area contributed by atoms with Crippen LogP contribution in [0.3, 0.4) is 0 Å². The van der Waals surface area contributed by atoms with Crippen molar-refractivity contribution in [2.75, 3.05) is 0 Å². The zero-order valence-electron chi connectivity index (χ0n) is 18.9. The van der Waals surface area contributed by atoms with Gasteiger partial charge < -0.3 is 9.97 Å². The summed E-state index contributed by atoms with van der Waals surface area (Å²) in [6.07, 6.45) is 1.42. The van der Waals surface area contributed by atoms with Gasteiger partial charge in [0.05, 0.1) is 0 Å². The predicted molar refractivity (Wildman–Crippen MR) is 138 cm³/mol. The first-order valence-electron chi connectivity index (χ1n) is 11.6. The topological polar surface area (TPSA) is 25.8 Å². The van der Waals surface area contributed by atoms with E-state index in [2.05, 4.69) is 109 Å². The normalized spacial score (nSPS) is 12.1. The van der Waals surface area contributed by atoms with E-state index in [-0.39, 0.29) is 21.1 Å². The monoisotopic (exact) mass is 627 g/mol.